The lowest BCUT2D eigenvalue weighted by atomic mass is 9.97. The highest BCUT2D eigenvalue weighted by atomic mass is 32.2. The number of hydrogen-bond donors (Lipinski definition) is 0. The van der Waals surface area contributed by atoms with Crippen molar-refractivity contribution in [2.24, 2.45) is 0 Å². The molecule has 0 fully saturated rings. The van der Waals surface area contributed by atoms with Gasteiger partial charge in [0.15, 0.2) is 5.78 Å². The topological polar surface area (TPSA) is 99.1 Å². The minimum absolute atomic E-state index is 0.0132. The van der Waals surface area contributed by atoms with Gasteiger partial charge in [-0.1, -0.05) is 23.9 Å². The fourth-order valence-corrected chi connectivity index (χ4v) is 3.53. The van der Waals surface area contributed by atoms with Gasteiger partial charge in [0.25, 0.3) is 10.9 Å². The molecule has 0 aliphatic heterocycles. The van der Waals surface area contributed by atoms with Crippen LogP contribution in [0.15, 0.2) is 46.0 Å². The van der Waals surface area contributed by atoms with Crippen LogP contribution in [-0.4, -0.2) is 26.2 Å². The molecule has 0 aliphatic carbocycles. The van der Waals surface area contributed by atoms with Crippen molar-refractivity contribution >= 4 is 23.2 Å². The molecule has 0 N–H and O–H groups in total. The standard InChI is InChI=1S/C20H19N3O4S/c1-11-8-13(3)17(9-12(11)2)18(24)14(4)28-20-22-21-19(27-20)15-6-5-7-16(10-15)23(25)26/h5-10,14H,1-4H3/t14-/m1/s1. The molecule has 1 heterocycles. The second kappa shape index (κ2) is 7.93. The van der Waals surface area contributed by atoms with E-state index in [1.165, 1.54) is 23.9 Å². The molecule has 1 aromatic heterocycles. The quantitative estimate of drug-likeness (QED) is 0.251. The summed E-state index contributed by atoms with van der Waals surface area (Å²) >= 11 is 1.17. The van der Waals surface area contributed by atoms with Crippen molar-refractivity contribution in [1.82, 2.24) is 10.2 Å². The third kappa shape index (κ3) is 4.12. The van der Waals surface area contributed by atoms with Gasteiger partial charge in [0.1, 0.15) is 0 Å². The van der Waals surface area contributed by atoms with Crippen LogP contribution < -0.4 is 0 Å². The Labute approximate surface area is 166 Å². The summed E-state index contributed by atoms with van der Waals surface area (Å²) in [4.78, 5) is 23.3. The number of nitro benzene ring substituents is 1. The van der Waals surface area contributed by atoms with E-state index in [4.69, 9.17) is 4.42 Å². The first-order chi connectivity index (χ1) is 13.3. The monoisotopic (exact) mass is 397 g/mol. The number of aromatic nitrogens is 2. The molecule has 0 bridgehead atoms. The first-order valence-corrected chi connectivity index (χ1v) is 9.51. The molecule has 3 rings (SSSR count). The zero-order valence-electron chi connectivity index (χ0n) is 15.9. The van der Waals surface area contributed by atoms with Crippen molar-refractivity contribution in [2.45, 2.75) is 38.2 Å². The number of thioether (sulfide) groups is 1. The zero-order valence-corrected chi connectivity index (χ0v) is 16.7. The van der Waals surface area contributed by atoms with Crippen molar-refractivity contribution in [3.8, 4) is 11.5 Å². The number of Topliss-reactive ketones (excluding diaryl/α,β-unsaturated/α-hetero) is 1. The second-order valence-electron chi connectivity index (χ2n) is 6.56. The maximum atomic E-state index is 12.8. The summed E-state index contributed by atoms with van der Waals surface area (Å²) < 4.78 is 5.60. The van der Waals surface area contributed by atoms with Crippen molar-refractivity contribution < 1.29 is 14.1 Å². The van der Waals surface area contributed by atoms with Crippen LogP contribution in [0.25, 0.3) is 11.5 Å². The molecule has 0 saturated heterocycles. The maximum absolute atomic E-state index is 12.8. The normalized spacial score (nSPS) is 12.0. The fourth-order valence-electron chi connectivity index (χ4n) is 2.78. The summed E-state index contributed by atoms with van der Waals surface area (Å²) in [5, 5.41) is 18.6. The zero-order chi connectivity index (χ0) is 20.4. The minimum atomic E-state index is -0.484. The summed E-state index contributed by atoms with van der Waals surface area (Å²) in [5.74, 6) is 0.161. The number of carbonyl (C=O) groups is 1. The van der Waals surface area contributed by atoms with E-state index >= 15 is 0 Å². The molecule has 3 aromatic rings. The van der Waals surface area contributed by atoms with Gasteiger partial charge in [-0.25, -0.2) is 0 Å². The van der Waals surface area contributed by atoms with E-state index in [-0.39, 0.29) is 22.6 Å². The summed E-state index contributed by atoms with van der Waals surface area (Å²) in [7, 11) is 0. The number of aryl methyl sites for hydroxylation is 3. The average molecular weight is 397 g/mol. The Kier molecular flexibility index (Phi) is 5.60. The molecule has 1 atom stereocenters. The molecule has 28 heavy (non-hydrogen) atoms. The molecular formula is C20H19N3O4S. The van der Waals surface area contributed by atoms with E-state index in [1.54, 1.807) is 19.1 Å². The second-order valence-corrected chi connectivity index (χ2v) is 7.85. The van der Waals surface area contributed by atoms with Crippen LogP contribution >= 0.6 is 11.8 Å². The van der Waals surface area contributed by atoms with Crippen LogP contribution in [-0.2, 0) is 0 Å². The minimum Gasteiger partial charge on any atom is -0.411 e. The van der Waals surface area contributed by atoms with Crippen molar-refractivity contribution in [3.05, 3.63) is 68.8 Å². The number of nitro groups is 1. The van der Waals surface area contributed by atoms with Crippen LogP contribution in [0.5, 0.6) is 0 Å². The lowest BCUT2D eigenvalue weighted by molar-refractivity contribution is -0.384. The molecule has 2 aromatic carbocycles. The van der Waals surface area contributed by atoms with E-state index < -0.39 is 10.2 Å². The van der Waals surface area contributed by atoms with Gasteiger partial charge in [0, 0.05) is 23.3 Å². The van der Waals surface area contributed by atoms with Crippen molar-refractivity contribution in [1.29, 1.82) is 0 Å². The van der Waals surface area contributed by atoms with Gasteiger partial charge in [0.2, 0.25) is 5.89 Å². The van der Waals surface area contributed by atoms with Gasteiger partial charge in [-0.05, 0) is 56.5 Å². The number of rotatable bonds is 6. The Balaban J connectivity index is 1.78. The summed E-state index contributed by atoms with van der Waals surface area (Å²) in [6.45, 7) is 7.71. The van der Waals surface area contributed by atoms with Gasteiger partial charge >= 0.3 is 0 Å². The molecule has 0 radical (unpaired) electrons. The number of hydrogen-bond acceptors (Lipinski definition) is 7. The van der Waals surface area contributed by atoms with Crippen LogP contribution in [0.3, 0.4) is 0 Å². The molecule has 0 aliphatic rings. The van der Waals surface area contributed by atoms with Crippen LogP contribution in [0.1, 0.15) is 34.0 Å². The Bertz CT molecular complexity index is 1060. The van der Waals surface area contributed by atoms with Crippen molar-refractivity contribution in [3.63, 3.8) is 0 Å². The lowest BCUT2D eigenvalue weighted by Crippen LogP contribution is -2.15. The summed E-state index contributed by atoms with van der Waals surface area (Å²) in [6, 6.07) is 9.89. The van der Waals surface area contributed by atoms with E-state index in [0.717, 1.165) is 16.7 Å². The number of ketones is 1. The summed E-state index contributed by atoms with van der Waals surface area (Å²) in [5.41, 5.74) is 4.23. The fraction of sp³-hybridized carbons (Fsp3) is 0.250. The smallest absolute Gasteiger partial charge is 0.277 e. The SMILES string of the molecule is Cc1cc(C)c(C(=O)[C@@H](C)Sc2nnc(-c3cccc([N+](=O)[O-])c3)o2)cc1C. The predicted octanol–water partition coefficient (Wildman–Crippen LogP) is 4.93. The van der Waals surface area contributed by atoms with Crippen LogP contribution in [0.2, 0.25) is 0 Å². The third-order valence-electron chi connectivity index (χ3n) is 4.46. The number of benzene rings is 2. The number of carbonyl (C=O) groups excluding carboxylic acids is 1. The van der Waals surface area contributed by atoms with Gasteiger partial charge in [0.05, 0.1) is 10.2 Å². The van der Waals surface area contributed by atoms with Crippen LogP contribution in [0.4, 0.5) is 5.69 Å². The van der Waals surface area contributed by atoms with Gasteiger partial charge in [-0.15, -0.1) is 10.2 Å². The van der Waals surface area contributed by atoms with Crippen molar-refractivity contribution in [2.75, 3.05) is 0 Å². The summed E-state index contributed by atoms with van der Waals surface area (Å²) in [6.07, 6.45) is 0. The van der Waals surface area contributed by atoms with Gasteiger partial charge in [-0.3, -0.25) is 14.9 Å². The highest BCUT2D eigenvalue weighted by Gasteiger charge is 2.22. The first-order valence-electron chi connectivity index (χ1n) is 8.63. The Morgan fingerprint density at radius 1 is 1.11 bits per heavy atom. The first kappa shape index (κ1) is 19.8. The highest BCUT2D eigenvalue weighted by molar-refractivity contribution is 8.00. The molecule has 0 spiro atoms. The Morgan fingerprint density at radius 2 is 1.82 bits per heavy atom. The van der Waals surface area contributed by atoms with Gasteiger partial charge in [-0.2, -0.15) is 0 Å². The molecule has 0 amide bonds. The largest absolute Gasteiger partial charge is 0.411 e. The third-order valence-corrected chi connectivity index (χ3v) is 5.40. The molecule has 7 nitrogen and oxygen atoms in total. The Morgan fingerprint density at radius 3 is 2.54 bits per heavy atom. The molecule has 0 saturated carbocycles. The maximum Gasteiger partial charge on any atom is 0.277 e. The molecule has 0 unspecified atom stereocenters. The number of non-ortho nitro benzene ring substituents is 1. The lowest BCUT2D eigenvalue weighted by Gasteiger charge is -2.12. The predicted molar refractivity (Wildman–Crippen MR) is 107 cm³/mol. The van der Waals surface area contributed by atoms with E-state index in [0.29, 0.717) is 11.1 Å². The van der Waals surface area contributed by atoms with E-state index in [9.17, 15) is 14.9 Å². The Hall–Kier alpha value is -3.00. The van der Waals surface area contributed by atoms with E-state index in [2.05, 4.69) is 10.2 Å². The van der Waals surface area contributed by atoms with Gasteiger partial charge < -0.3 is 4.42 Å². The number of nitrogens with zero attached hydrogens (tertiary/aromatic N) is 3. The molecule has 8 heteroatoms. The molecular weight excluding hydrogens is 378 g/mol. The van der Waals surface area contributed by atoms with E-state index in [1.807, 2.05) is 32.9 Å². The molecule has 144 valence electrons. The average Bonchev–Trinajstić information content (AvgIpc) is 3.12. The van der Waals surface area contributed by atoms with Crippen LogP contribution in [0, 0.1) is 30.9 Å². The highest BCUT2D eigenvalue weighted by Crippen LogP contribution is 2.30.